The van der Waals surface area contributed by atoms with Crippen molar-refractivity contribution in [2.24, 2.45) is 5.92 Å². The molecular weight excluding hydrogens is 312 g/mol. The molecule has 0 bridgehead atoms. The molecule has 1 aromatic rings. The lowest BCUT2D eigenvalue weighted by Gasteiger charge is -2.32. The first kappa shape index (κ1) is 18.0. The molecule has 0 spiro atoms. The molecule has 1 aromatic heterocycles. The first-order valence-corrected chi connectivity index (χ1v) is 8.03. The van der Waals surface area contributed by atoms with Gasteiger partial charge in [0.2, 0.25) is 11.8 Å². The number of carboxylic acids is 1. The van der Waals surface area contributed by atoms with Gasteiger partial charge in [-0.1, -0.05) is 0 Å². The molecule has 1 fully saturated rings. The quantitative estimate of drug-likeness (QED) is 0.833. The van der Waals surface area contributed by atoms with Gasteiger partial charge in [-0.2, -0.15) is 5.10 Å². The van der Waals surface area contributed by atoms with E-state index in [0.717, 1.165) is 11.4 Å². The van der Waals surface area contributed by atoms with E-state index in [1.807, 2.05) is 19.9 Å². The van der Waals surface area contributed by atoms with Gasteiger partial charge in [0.15, 0.2) is 0 Å². The third-order valence-corrected chi connectivity index (χ3v) is 4.31. The predicted octanol–water partition coefficient (Wildman–Crippen LogP) is 0.282. The molecule has 1 aliphatic rings. The number of carboxylic acid groups (broad SMARTS) is 1. The van der Waals surface area contributed by atoms with E-state index in [1.165, 1.54) is 9.80 Å². The molecule has 132 valence electrons. The summed E-state index contributed by atoms with van der Waals surface area (Å²) in [5, 5.41) is 13.3. The molecule has 2 rings (SSSR count). The molecule has 0 aliphatic carbocycles. The second-order valence-electron chi connectivity index (χ2n) is 6.35. The van der Waals surface area contributed by atoms with E-state index in [-0.39, 0.29) is 31.4 Å². The van der Waals surface area contributed by atoms with E-state index in [1.54, 1.807) is 11.7 Å². The lowest BCUT2D eigenvalue weighted by atomic mass is 9.98. The maximum Gasteiger partial charge on any atom is 0.308 e. The first-order valence-electron chi connectivity index (χ1n) is 8.03. The molecule has 2 amide bonds. The first-order chi connectivity index (χ1) is 11.3. The smallest absolute Gasteiger partial charge is 0.308 e. The van der Waals surface area contributed by atoms with Gasteiger partial charge in [0, 0.05) is 25.8 Å². The van der Waals surface area contributed by atoms with Crippen LogP contribution in [-0.2, 0) is 20.9 Å². The lowest BCUT2D eigenvalue weighted by Crippen LogP contribution is -2.47. The number of rotatable bonds is 5. The Bertz CT molecular complexity index is 640. The fraction of sp³-hybridized carbons (Fsp3) is 0.625. The highest BCUT2D eigenvalue weighted by atomic mass is 16.4. The highest BCUT2D eigenvalue weighted by molar-refractivity contribution is 5.85. The number of amides is 2. The van der Waals surface area contributed by atoms with Crippen LogP contribution in [0.2, 0.25) is 0 Å². The van der Waals surface area contributed by atoms with Crippen LogP contribution in [0.1, 0.15) is 24.2 Å². The second-order valence-corrected chi connectivity index (χ2v) is 6.35. The fourth-order valence-electron chi connectivity index (χ4n) is 2.88. The molecule has 1 atom stereocenters. The molecule has 1 saturated heterocycles. The van der Waals surface area contributed by atoms with Crippen molar-refractivity contribution in [2.45, 2.75) is 33.2 Å². The van der Waals surface area contributed by atoms with E-state index >= 15 is 0 Å². The number of carbonyl (C=O) groups excluding carboxylic acids is 2. The van der Waals surface area contributed by atoms with Gasteiger partial charge < -0.3 is 14.9 Å². The monoisotopic (exact) mass is 336 g/mol. The Morgan fingerprint density at radius 3 is 2.67 bits per heavy atom. The number of likely N-dealkylation sites (tertiary alicyclic amines) is 1. The average molecular weight is 336 g/mol. The largest absolute Gasteiger partial charge is 0.481 e. The van der Waals surface area contributed by atoms with Crippen molar-refractivity contribution in [1.82, 2.24) is 19.6 Å². The topological polar surface area (TPSA) is 95.7 Å². The minimum absolute atomic E-state index is 0.0511. The number of hydrogen-bond donors (Lipinski definition) is 1. The minimum Gasteiger partial charge on any atom is -0.481 e. The number of aromatic nitrogens is 2. The summed E-state index contributed by atoms with van der Waals surface area (Å²) in [7, 11) is 1.57. The van der Waals surface area contributed by atoms with Crippen molar-refractivity contribution in [3.05, 3.63) is 17.5 Å². The number of hydrogen-bond acceptors (Lipinski definition) is 4. The van der Waals surface area contributed by atoms with Gasteiger partial charge >= 0.3 is 5.97 Å². The van der Waals surface area contributed by atoms with Gasteiger partial charge in [-0.05, 0) is 32.8 Å². The number of piperidine rings is 1. The summed E-state index contributed by atoms with van der Waals surface area (Å²) in [6, 6.07) is 1.89. The van der Waals surface area contributed by atoms with Gasteiger partial charge in [-0.15, -0.1) is 0 Å². The van der Waals surface area contributed by atoms with E-state index in [4.69, 9.17) is 5.11 Å². The van der Waals surface area contributed by atoms with Crippen molar-refractivity contribution in [3.8, 4) is 0 Å². The van der Waals surface area contributed by atoms with Gasteiger partial charge in [0.1, 0.15) is 6.54 Å². The molecule has 0 radical (unpaired) electrons. The third kappa shape index (κ3) is 4.33. The maximum absolute atomic E-state index is 12.3. The Balaban J connectivity index is 1.89. The highest BCUT2D eigenvalue weighted by Crippen LogP contribution is 2.16. The molecule has 0 saturated carbocycles. The summed E-state index contributed by atoms with van der Waals surface area (Å²) in [5.41, 5.74) is 1.73. The van der Waals surface area contributed by atoms with Crippen molar-refractivity contribution in [3.63, 3.8) is 0 Å². The number of aryl methyl sites for hydroxylation is 2. The van der Waals surface area contributed by atoms with Crippen LogP contribution in [0.15, 0.2) is 6.07 Å². The van der Waals surface area contributed by atoms with E-state index < -0.39 is 11.9 Å². The number of likely N-dealkylation sites (N-methyl/N-ethyl adjacent to an activating group) is 1. The van der Waals surface area contributed by atoms with Crippen molar-refractivity contribution >= 4 is 17.8 Å². The average Bonchev–Trinajstić information content (AvgIpc) is 2.84. The van der Waals surface area contributed by atoms with Gasteiger partial charge in [-0.25, -0.2) is 0 Å². The van der Waals surface area contributed by atoms with Crippen LogP contribution in [0.4, 0.5) is 0 Å². The molecule has 8 heteroatoms. The van der Waals surface area contributed by atoms with Crippen LogP contribution in [0.25, 0.3) is 0 Å². The van der Waals surface area contributed by atoms with Gasteiger partial charge in [-0.3, -0.25) is 19.1 Å². The van der Waals surface area contributed by atoms with E-state index in [2.05, 4.69) is 5.10 Å². The number of carbonyl (C=O) groups is 3. The van der Waals surface area contributed by atoms with Crippen LogP contribution in [-0.4, -0.2) is 69.2 Å². The zero-order valence-corrected chi connectivity index (χ0v) is 14.4. The van der Waals surface area contributed by atoms with Crippen LogP contribution in [0.3, 0.4) is 0 Å². The molecule has 0 aromatic carbocycles. The zero-order valence-electron chi connectivity index (χ0n) is 14.4. The molecule has 1 unspecified atom stereocenters. The summed E-state index contributed by atoms with van der Waals surface area (Å²) in [5.74, 6) is -1.81. The minimum atomic E-state index is -0.874. The summed E-state index contributed by atoms with van der Waals surface area (Å²) in [6.45, 7) is 4.52. The Hall–Kier alpha value is -2.38. The van der Waals surface area contributed by atoms with Crippen molar-refractivity contribution < 1.29 is 19.5 Å². The van der Waals surface area contributed by atoms with Crippen LogP contribution < -0.4 is 0 Å². The molecule has 2 heterocycles. The number of nitrogens with zero attached hydrogens (tertiary/aromatic N) is 4. The second kappa shape index (κ2) is 7.46. The standard InChI is InChI=1S/C16H24N4O4/c1-11-7-12(2)20(17-11)10-14(21)18(3)9-15(22)19-6-4-5-13(8-19)16(23)24/h7,13H,4-6,8-10H2,1-3H3,(H,23,24). The fourth-order valence-corrected chi connectivity index (χ4v) is 2.88. The van der Waals surface area contributed by atoms with Crippen LogP contribution in [0, 0.1) is 19.8 Å². The Morgan fingerprint density at radius 2 is 2.08 bits per heavy atom. The molecule has 1 aliphatic heterocycles. The lowest BCUT2D eigenvalue weighted by molar-refractivity contribution is -0.147. The predicted molar refractivity (Wildman–Crippen MR) is 86.3 cm³/mol. The Labute approximate surface area is 141 Å². The molecule has 24 heavy (non-hydrogen) atoms. The van der Waals surface area contributed by atoms with Crippen molar-refractivity contribution in [2.75, 3.05) is 26.7 Å². The van der Waals surface area contributed by atoms with Crippen LogP contribution >= 0.6 is 0 Å². The highest BCUT2D eigenvalue weighted by Gasteiger charge is 2.29. The van der Waals surface area contributed by atoms with Gasteiger partial charge in [0.05, 0.1) is 18.2 Å². The summed E-state index contributed by atoms with van der Waals surface area (Å²) in [4.78, 5) is 38.6. The van der Waals surface area contributed by atoms with E-state index in [9.17, 15) is 14.4 Å². The zero-order chi connectivity index (χ0) is 17.9. The van der Waals surface area contributed by atoms with Gasteiger partial charge in [0.25, 0.3) is 0 Å². The third-order valence-electron chi connectivity index (χ3n) is 4.31. The van der Waals surface area contributed by atoms with Crippen molar-refractivity contribution in [1.29, 1.82) is 0 Å². The Kier molecular flexibility index (Phi) is 5.58. The number of aliphatic carboxylic acids is 1. The molecular formula is C16H24N4O4. The summed E-state index contributed by atoms with van der Waals surface area (Å²) >= 11 is 0. The molecule has 8 nitrogen and oxygen atoms in total. The normalized spacial score (nSPS) is 17.6. The van der Waals surface area contributed by atoms with E-state index in [0.29, 0.717) is 19.4 Å². The van der Waals surface area contributed by atoms with Crippen LogP contribution in [0.5, 0.6) is 0 Å². The SMILES string of the molecule is Cc1cc(C)n(CC(=O)N(C)CC(=O)N2CCCC(C(=O)O)C2)n1. The summed E-state index contributed by atoms with van der Waals surface area (Å²) in [6.07, 6.45) is 1.26. The Morgan fingerprint density at radius 1 is 1.38 bits per heavy atom. The summed E-state index contributed by atoms with van der Waals surface area (Å²) < 4.78 is 1.61. The maximum atomic E-state index is 12.3. The molecule has 1 N–H and O–H groups in total.